The summed E-state index contributed by atoms with van der Waals surface area (Å²) in [6.07, 6.45) is 2.74. The average molecular weight is 299 g/mol. The van der Waals surface area contributed by atoms with Gasteiger partial charge < -0.3 is 4.42 Å². The molecule has 0 aliphatic carbocycles. The molecule has 2 aliphatic heterocycles. The highest BCUT2D eigenvalue weighted by atomic mass is 79.9. The molecule has 94 valence electrons. The second-order valence-corrected chi connectivity index (χ2v) is 6.06. The van der Waals surface area contributed by atoms with Crippen LogP contribution in [0.4, 0.5) is 0 Å². The zero-order valence-corrected chi connectivity index (χ0v) is 11.8. The number of nitrogens with zero attached hydrogens (tertiary/aromatic N) is 2. The summed E-state index contributed by atoms with van der Waals surface area (Å²) in [5.41, 5.74) is 0. The highest BCUT2D eigenvalue weighted by molar-refractivity contribution is 9.10. The molecule has 2 saturated heterocycles. The van der Waals surface area contributed by atoms with Crippen LogP contribution in [0.3, 0.4) is 0 Å². The number of hydrogen-bond donors (Lipinski definition) is 0. The molecule has 2 atom stereocenters. The van der Waals surface area contributed by atoms with Gasteiger partial charge in [-0.25, -0.2) is 0 Å². The van der Waals surface area contributed by atoms with Crippen LogP contribution in [0.2, 0.25) is 0 Å². The van der Waals surface area contributed by atoms with Crippen molar-refractivity contribution < 1.29 is 4.42 Å². The molecule has 1 aromatic rings. The zero-order valence-electron chi connectivity index (χ0n) is 10.2. The third kappa shape index (κ3) is 2.44. The van der Waals surface area contributed by atoms with Crippen molar-refractivity contribution in [2.24, 2.45) is 0 Å². The Labute approximate surface area is 111 Å². The summed E-state index contributed by atoms with van der Waals surface area (Å²) in [7, 11) is 0. The van der Waals surface area contributed by atoms with Crippen molar-refractivity contribution in [1.29, 1.82) is 0 Å². The molecular weight excluding hydrogens is 280 g/mol. The van der Waals surface area contributed by atoms with Crippen LogP contribution in [-0.2, 0) is 6.54 Å². The largest absolute Gasteiger partial charge is 0.453 e. The Bertz CT molecular complexity index is 393. The summed E-state index contributed by atoms with van der Waals surface area (Å²) in [5.74, 6) is 1.06. The molecular formula is C13H19BrN2O. The molecule has 0 aromatic carbocycles. The molecule has 0 bridgehead atoms. The summed E-state index contributed by atoms with van der Waals surface area (Å²) >= 11 is 3.36. The Morgan fingerprint density at radius 1 is 1.41 bits per heavy atom. The van der Waals surface area contributed by atoms with Crippen LogP contribution < -0.4 is 0 Å². The monoisotopic (exact) mass is 298 g/mol. The van der Waals surface area contributed by atoms with Crippen LogP contribution in [0.15, 0.2) is 21.2 Å². The van der Waals surface area contributed by atoms with Gasteiger partial charge in [-0.3, -0.25) is 9.80 Å². The SMILES string of the molecule is C[C@@H]1CN2CCCC2CN1Cc1ccc(Br)o1. The summed E-state index contributed by atoms with van der Waals surface area (Å²) in [6, 6.07) is 5.46. The summed E-state index contributed by atoms with van der Waals surface area (Å²) in [5, 5.41) is 0. The molecule has 0 radical (unpaired) electrons. The lowest BCUT2D eigenvalue weighted by molar-refractivity contribution is 0.0492. The Morgan fingerprint density at radius 2 is 2.29 bits per heavy atom. The quantitative estimate of drug-likeness (QED) is 0.837. The molecule has 3 rings (SSSR count). The first kappa shape index (κ1) is 11.8. The maximum absolute atomic E-state index is 5.61. The molecule has 0 saturated carbocycles. The molecule has 2 fully saturated rings. The fourth-order valence-electron chi connectivity index (χ4n) is 3.11. The average Bonchev–Trinajstić information content (AvgIpc) is 2.88. The maximum atomic E-state index is 5.61. The number of furan rings is 1. The second kappa shape index (κ2) is 4.75. The first-order chi connectivity index (χ1) is 8.22. The molecule has 3 nitrogen and oxygen atoms in total. The van der Waals surface area contributed by atoms with Crippen molar-refractivity contribution in [3.05, 3.63) is 22.6 Å². The standard InChI is InChI=1S/C13H19BrN2O/c1-10-7-15-6-2-3-11(15)8-16(10)9-12-4-5-13(14)17-12/h4-5,10-11H,2-3,6-9H2,1H3/t10-,11?/m1/s1. The van der Waals surface area contributed by atoms with Crippen molar-refractivity contribution in [2.45, 2.75) is 38.4 Å². The maximum Gasteiger partial charge on any atom is 0.169 e. The number of piperazine rings is 1. The van der Waals surface area contributed by atoms with Gasteiger partial charge >= 0.3 is 0 Å². The lowest BCUT2D eigenvalue weighted by atomic mass is 10.1. The fraction of sp³-hybridized carbons (Fsp3) is 0.692. The summed E-state index contributed by atoms with van der Waals surface area (Å²) in [6.45, 7) is 6.98. The Hall–Kier alpha value is -0.320. The van der Waals surface area contributed by atoms with E-state index in [2.05, 4.69) is 38.7 Å². The van der Waals surface area contributed by atoms with Gasteiger partial charge in [-0.05, 0) is 54.4 Å². The van der Waals surface area contributed by atoms with E-state index >= 15 is 0 Å². The van der Waals surface area contributed by atoms with E-state index in [1.165, 1.54) is 32.5 Å². The first-order valence-corrected chi connectivity index (χ1v) is 7.24. The minimum Gasteiger partial charge on any atom is -0.453 e. The van der Waals surface area contributed by atoms with E-state index in [1.54, 1.807) is 0 Å². The topological polar surface area (TPSA) is 19.6 Å². The van der Waals surface area contributed by atoms with Crippen molar-refractivity contribution in [3.8, 4) is 0 Å². The Balaban J connectivity index is 1.66. The molecule has 2 aliphatic rings. The van der Waals surface area contributed by atoms with E-state index in [1.807, 2.05) is 6.07 Å². The van der Waals surface area contributed by atoms with Crippen molar-refractivity contribution in [1.82, 2.24) is 9.80 Å². The molecule has 17 heavy (non-hydrogen) atoms. The second-order valence-electron chi connectivity index (χ2n) is 5.28. The van der Waals surface area contributed by atoms with Gasteiger partial charge in [-0.15, -0.1) is 0 Å². The predicted octanol–water partition coefficient (Wildman–Crippen LogP) is 2.71. The number of hydrogen-bond acceptors (Lipinski definition) is 3. The molecule has 0 amide bonds. The minimum atomic E-state index is 0.633. The van der Waals surface area contributed by atoms with Crippen LogP contribution in [0.25, 0.3) is 0 Å². The van der Waals surface area contributed by atoms with Gasteiger partial charge in [0, 0.05) is 25.2 Å². The van der Waals surface area contributed by atoms with E-state index in [0.29, 0.717) is 6.04 Å². The molecule has 0 spiro atoms. The third-order valence-electron chi connectivity index (χ3n) is 4.05. The van der Waals surface area contributed by atoms with Crippen LogP contribution in [0, 0.1) is 0 Å². The van der Waals surface area contributed by atoms with Crippen molar-refractivity contribution >= 4 is 15.9 Å². The first-order valence-electron chi connectivity index (χ1n) is 6.44. The summed E-state index contributed by atoms with van der Waals surface area (Å²) in [4.78, 5) is 5.21. The normalized spacial score (nSPS) is 30.7. The molecule has 0 N–H and O–H groups in total. The highest BCUT2D eigenvalue weighted by Crippen LogP contribution is 2.26. The number of rotatable bonds is 2. The van der Waals surface area contributed by atoms with Crippen molar-refractivity contribution in [2.75, 3.05) is 19.6 Å². The van der Waals surface area contributed by atoms with Crippen LogP contribution >= 0.6 is 15.9 Å². The Morgan fingerprint density at radius 3 is 3.06 bits per heavy atom. The summed E-state index contributed by atoms with van der Waals surface area (Å²) < 4.78 is 6.44. The van der Waals surface area contributed by atoms with Crippen LogP contribution in [0.5, 0.6) is 0 Å². The molecule has 4 heteroatoms. The van der Waals surface area contributed by atoms with Gasteiger partial charge in [-0.2, -0.15) is 0 Å². The number of halogens is 1. The van der Waals surface area contributed by atoms with Crippen LogP contribution in [0.1, 0.15) is 25.5 Å². The third-order valence-corrected chi connectivity index (χ3v) is 4.48. The van der Waals surface area contributed by atoms with E-state index in [0.717, 1.165) is 23.0 Å². The molecule has 3 heterocycles. The predicted molar refractivity (Wildman–Crippen MR) is 70.9 cm³/mol. The lowest BCUT2D eigenvalue weighted by Crippen LogP contribution is -2.54. The minimum absolute atomic E-state index is 0.633. The van der Waals surface area contributed by atoms with Crippen molar-refractivity contribution in [3.63, 3.8) is 0 Å². The van der Waals surface area contributed by atoms with E-state index < -0.39 is 0 Å². The van der Waals surface area contributed by atoms with Gasteiger partial charge in [0.15, 0.2) is 4.67 Å². The lowest BCUT2D eigenvalue weighted by Gasteiger charge is -2.41. The zero-order chi connectivity index (χ0) is 11.8. The van der Waals surface area contributed by atoms with E-state index in [-0.39, 0.29) is 0 Å². The van der Waals surface area contributed by atoms with E-state index in [9.17, 15) is 0 Å². The van der Waals surface area contributed by atoms with Gasteiger partial charge in [0.2, 0.25) is 0 Å². The highest BCUT2D eigenvalue weighted by Gasteiger charge is 2.34. The van der Waals surface area contributed by atoms with Gasteiger partial charge in [0.05, 0.1) is 6.54 Å². The fourth-order valence-corrected chi connectivity index (χ4v) is 3.45. The number of fused-ring (bicyclic) bond motifs is 1. The van der Waals surface area contributed by atoms with Gasteiger partial charge in [-0.1, -0.05) is 0 Å². The Kier molecular flexibility index (Phi) is 3.28. The van der Waals surface area contributed by atoms with E-state index in [4.69, 9.17) is 4.42 Å². The molecule has 1 aromatic heterocycles. The van der Waals surface area contributed by atoms with Gasteiger partial charge in [0.1, 0.15) is 5.76 Å². The van der Waals surface area contributed by atoms with Gasteiger partial charge in [0.25, 0.3) is 0 Å². The van der Waals surface area contributed by atoms with Crippen LogP contribution in [-0.4, -0.2) is 41.5 Å². The smallest absolute Gasteiger partial charge is 0.169 e. The molecule has 1 unspecified atom stereocenters.